The van der Waals surface area contributed by atoms with Crippen LogP contribution >= 0.6 is 0 Å². The van der Waals surface area contributed by atoms with E-state index in [0.29, 0.717) is 22.5 Å². The number of carboxylic acid groups (broad SMARTS) is 1. The number of nitrogens with zero attached hydrogens (tertiary/aromatic N) is 3. The number of aromatic carboxylic acids is 1. The molecule has 0 bridgehead atoms. The van der Waals surface area contributed by atoms with Crippen molar-refractivity contribution in [3.63, 3.8) is 0 Å². The van der Waals surface area contributed by atoms with Crippen LogP contribution in [0.5, 0.6) is 5.75 Å². The third kappa shape index (κ3) is 4.75. The molecule has 0 aliphatic carbocycles. The van der Waals surface area contributed by atoms with E-state index in [1.54, 1.807) is 30.3 Å². The first-order chi connectivity index (χ1) is 16.8. The normalized spacial score (nSPS) is 11.3. The van der Waals surface area contributed by atoms with E-state index in [1.165, 1.54) is 23.9 Å². The van der Waals surface area contributed by atoms with Crippen LogP contribution in [0.15, 0.2) is 75.7 Å². The minimum atomic E-state index is -1.07. The lowest BCUT2D eigenvalue weighted by molar-refractivity contribution is 0.0697. The number of aromatic nitrogens is 2. The molecule has 1 aromatic heterocycles. The van der Waals surface area contributed by atoms with Gasteiger partial charge in [-0.05, 0) is 60.9 Å². The molecule has 4 aromatic rings. The van der Waals surface area contributed by atoms with Gasteiger partial charge >= 0.3 is 5.97 Å². The molecule has 0 aliphatic rings. The summed E-state index contributed by atoms with van der Waals surface area (Å²) in [5.74, 6) is -1.25. The second-order valence-corrected chi connectivity index (χ2v) is 8.04. The maximum absolute atomic E-state index is 13.2. The Balaban J connectivity index is 1.75. The first-order valence-corrected chi connectivity index (χ1v) is 10.8. The fraction of sp³-hybridized carbons (Fsp3) is 0.154. The van der Waals surface area contributed by atoms with Crippen LogP contribution < -0.4 is 5.56 Å². The predicted molar refractivity (Wildman–Crippen MR) is 131 cm³/mol. The number of aromatic hydroxyl groups is 1. The highest BCUT2D eigenvalue weighted by molar-refractivity contribution is 5.90. The Morgan fingerprint density at radius 1 is 1.03 bits per heavy atom. The van der Waals surface area contributed by atoms with Crippen molar-refractivity contribution in [1.82, 2.24) is 9.78 Å². The molecule has 0 spiro atoms. The third-order valence-corrected chi connectivity index (χ3v) is 5.67. The fourth-order valence-electron chi connectivity index (χ4n) is 3.64. The van der Waals surface area contributed by atoms with E-state index in [4.69, 9.17) is 4.74 Å². The highest BCUT2D eigenvalue weighted by atomic mass is 16.5. The zero-order valence-electron chi connectivity index (χ0n) is 19.4. The molecule has 0 atom stereocenters. The number of methoxy groups -OCH3 is 1. The van der Waals surface area contributed by atoms with E-state index in [0.717, 1.165) is 11.1 Å². The number of ether oxygens (including phenoxy) is 1. The molecule has 0 saturated carbocycles. The number of hydrogen-bond acceptors (Lipinski definition) is 6. The molecule has 9 heteroatoms. The van der Waals surface area contributed by atoms with E-state index in [-0.39, 0.29) is 29.3 Å². The number of para-hydroxylation sites is 1. The van der Waals surface area contributed by atoms with E-state index in [9.17, 15) is 19.8 Å². The van der Waals surface area contributed by atoms with Crippen molar-refractivity contribution in [3.8, 4) is 22.6 Å². The summed E-state index contributed by atoms with van der Waals surface area (Å²) in [7, 11) is 1.51. The van der Waals surface area contributed by atoms with Gasteiger partial charge in [-0.3, -0.25) is 9.89 Å². The van der Waals surface area contributed by atoms with Crippen molar-refractivity contribution in [2.75, 3.05) is 7.11 Å². The van der Waals surface area contributed by atoms with E-state index >= 15 is 0 Å². The summed E-state index contributed by atoms with van der Waals surface area (Å²) < 4.78 is 6.59. The zero-order chi connectivity index (χ0) is 25.1. The molecule has 3 aromatic carbocycles. The number of hydrogen-bond donors (Lipinski definition) is 3. The van der Waals surface area contributed by atoms with E-state index < -0.39 is 11.5 Å². The summed E-state index contributed by atoms with van der Waals surface area (Å²) in [6, 6.07) is 16.7. The Morgan fingerprint density at radius 2 is 1.80 bits per heavy atom. The maximum Gasteiger partial charge on any atom is 0.335 e. The van der Waals surface area contributed by atoms with E-state index in [1.807, 2.05) is 32.0 Å². The minimum Gasteiger partial charge on any atom is -0.505 e. The number of benzene rings is 3. The summed E-state index contributed by atoms with van der Waals surface area (Å²) in [5, 5.41) is 31.4. The molecule has 0 radical (unpaired) electrons. The summed E-state index contributed by atoms with van der Waals surface area (Å²) in [6.45, 7) is 4.06. The topological polar surface area (TPSA) is 129 Å². The maximum atomic E-state index is 13.2. The Hall–Kier alpha value is -4.50. The zero-order valence-corrected chi connectivity index (χ0v) is 19.4. The molecular weight excluding hydrogens is 448 g/mol. The van der Waals surface area contributed by atoms with Crippen LogP contribution in [0.3, 0.4) is 0 Å². The molecule has 0 aliphatic heterocycles. The number of rotatable bonds is 7. The number of aromatic amines is 1. The van der Waals surface area contributed by atoms with Crippen molar-refractivity contribution in [1.29, 1.82) is 0 Å². The number of H-pyrrole nitrogens is 1. The highest BCUT2D eigenvalue weighted by Gasteiger charge is 2.17. The van der Waals surface area contributed by atoms with Crippen molar-refractivity contribution in [2.45, 2.75) is 20.5 Å². The van der Waals surface area contributed by atoms with Crippen molar-refractivity contribution >= 4 is 17.3 Å². The number of azo groups is 1. The molecule has 0 saturated heterocycles. The average Bonchev–Trinajstić information content (AvgIpc) is 3.15. The molecule has 0 fully saturated rings. The van der Waals surface area contributed by atoms with Crippen molar-refractivity contribution < 1.29 is 19.7 Å². The first-order valence-electron chi connectivity index (χ1n) is 10.8. The van der Waals surface area contributed by atoms with Gasteiger partial charge in [-0.15, -0.1) is 10.2 Å². The van der Waals surface area contributed by atoms with Crippen LogP contribution in [0.1, 0.15) is 27.2 Å². The Labute approximate surface area is 201 Å². The largest absolute Gasteiger partial charge is 0.505 e. The number of aryl methyl sites for hydroxylation is 2. The molecule has 0 amide bonds. The van der Waals surface area contributed by atoms with Gasteiger partial charge in [-0.25, -0.2) is 9.48 Å². The minimum absolute atomic E-state index is 0.0581. The van der Waals surface area contributed by atoms with Gasteiger partial charge in [-0.1, -0.05) is 30.3 Å². The number of nitrogens with one attached hydrogen (secondary N) is 1. The fourth-order valence-corrected chi connectivity index (χ4v) is 3.64. The molecule has 35 heavy (non-hydrogen) atoms. The molecule has 4 rings (SSSR count). The van der Waals surface area contributed by atoms with Gasteiger partial charge in [0.25, 0.3) is 5.56 Å². The Bertz CT molecular complexity index is 1500. The van der Waals surface area contributed by atoms with Crippen LogP contribution in [0.25, 0.3) is 16.8 Å². The van der Waals surface area contributed by atoms with Gasteiger partial charge in [0, 0.05) is 12.7 Å². The smallest absolute Gasteiger partial charge is 0.335 e. The summed E-state index contributed by atoms with van der Waals surface area (Å²) in [6.07, 6.45) is 0. The lowest BCUT2D eigenvalue weighted by Crippen LogP contribution is -2.14. The van der Waals surface area contributed by atoms with Crippen LogP contribution in [-0.4, -0.2) is 33.1 Å². The number of carbonyl (C=O) groups is 1. The predicted octanol–water partition coefficient (Wildman–Crippen LogP) is 5.42. The molecule has 0 unspecified atom stereocenters. The molecule has 3 N–H and O–H groups in total. The van der Waals surface area contributed by atoms with Gasteiger partial charge in [0.15, 0.2) is 11.4 Å². The van der Waals surface area contributed by atoms with E-state index in [2.05, 4.69) is 15.3 Å². The number of phenolic OH excluding ortho intramolecular Hbond substituents is 1. The molecule has 178 valence electrons. The van der Waals surface area contributed by atoms with Gasteiger partial charge in [0.05, 0.1) is 23.6 Å². The molecular formula is C26H24N4O5. The second-order valence-electron chi connectivity index (χ2n) is 8.04. The van der Waals surface area contributed by atoms with Crippen LogP contribution in [0, 0.1) is 13.8 Å². The average molecular weight is 473 g/mol. The monoisotopic (exact) mass is 472 g/mol. The summed E-state index contributed by atoms with van der Waals surface area (Å²) >= 11 is 0. The van der Waals surface area contributed by atoms with Crippen molar-refractivity contribution in [2.24, 2.45) is 10.2 Å². The standard InChI is InChI=1S/C26H24N4O5/c1-15-10-11-19(12-16(15)2)30-25(32)23(22(29-30)14-35-3)28-27-21-9-5-8-20(24(21)31)17-6-4-7-18(13-17)26(33)34/h4-13,29,31H,14H2,1-3H3,(H,33,34). The van der Waals surface area contributed by atoms with Gasteiger partial charge in [0.1, 0.15) is 5.69 Å². The lowest BCUT2D eigenvalue weighted by atomic mass is 10.0. The van der Waals surface area contributed by atoms with Gasteiger partial charge in [-0.2, -0.15) is 0 Å². The Morgan fingerprint density at radius 3 is 2.51 bits per heavy atom. The second kappa shape index (κ2) is 9.78. The molecule has 9 nitrogen and oxygen atoms in total. The molecule has 1 heterocycles. The lowest BCUT2D eigenvalue weighted by Gasteiger charge is -2.07. The van der Waals surface area contributed by atoms with Crippen LogP contribution in [-0.2, 0) is 11.3 Å². The Kier molecular flexibility index (Phi) is 6.61. The quantitative estimate of drug-likeness (QED) is 0.310. The van der Waals surface area contributed by atoms with Gasteiger partial charge < -0.3 is 14.9 Å². The van der Waals surface area contributed by atoms with Crippen molar-refractivity contribution in [3.05, 3.63) is 93.4 Å². The first kappa shape index (κ1) is 23.7. The van der Waals surface area contributed by atoms with Crippen LogP contribution in [0.4, 0.5) is 11.4 Å². The highest BCUT2D eigenvalue weighted by Crippen LogP contribution is 2.38. The summed E-state index contributed by atoms with van der Waals surface area (Å²) in [4.78, 5) is 24.5. The van der Waals surface area contributed by atoms with Crippen LogP contribution in [0.2, 0.25) is 0 Å². The summed E-state index contributed by atoms with van der Waals surface area (Å²) in [5.41, 5.74) is 4.01. The third-order valence-electron chi connectivity index (χ3n) is 5.67. The SMILES string of the molecule is COCc1[nH]n(-c2ccc(C)c(C)c2)c(=O)c1N=Nc1cccc(-c2cccc(C(=O)O)c2)c1O. The number of phenols is 1. The van der Waals surface area contributed by atoms with Gasteiger partial charge in [0.2, 0.25) is 0 Å². The number of carboxylic acids is 1.